The van der Waals surface area contributed by atoms with Crippen LogP contribution in [0.5, 0.6) is 11.5 Å². The van der Waals surface area contributed by atoms with Gasteiger partial charge in [-0.3, -0.25) is 4.79 Å². The zero-order valence-corrected chi connectivity index (χ0v) is 25.9. The Kier molecular flexibility index (Phi) is 8.35. The number of aliphatic carboxylic acids is 1. The number of fused-ring (bicyclic) bond motifs is 2. The van der Waals surface area contributed by atoms with Crippen molar-refractivity contribution in [2.75, 3.05) is 0 Å². The van der Waals surface area contributed by atoms with Gasteiger partial charge < -0.3 is 29.8 Å². The third-order valence-corrected chi connectivity index (χ3v) is 9.03. The fraction of sp³-hybridized carbons (Fsp3) is 0.237. The van der Waals surface area contributed by atoms with Gasteiger partial charge in [0.25, 0.3) is 5.91 Å². The first kappa shape index (κ1) is 30.1. The summed E-state index contributed by atoms with van der Waals surface area (Å²) in [6, 6.07) is 27.4. The van der Waals surface area contributed by atoms with E-state index in [9.17, 15) is 19.8 Å². The predicted octanol–water partition coefficient (Wildman–Crippen LogP) is 7.40. The Labute approximate surface area is 271 Å². The van der Waals surface area contributed by atoms with Crippen molar-refractivity contribution in [3.63, 3.8) is 0 Å². The highest BCUT2D eigenvalue weighted by Gasteiger charge is 2.25. The number of nitrogens with zero attached hydrogens (tertiary/aromatic N) is 2. The van der Waals surface area contributed by atoms with E-state index < -0.39 is 17.9 Å². The van der Waals surface area contributed by atoms with E-state index in [0.717, 1.165) is 59.4 Å². The van der Waals surface area contributed by atoms with Gasteiger partial charge >= 0.3 is 5.97 Å². The normalized spacial score (nSPS) is 14.3. The first-order chi connectivity index (χ1) is 22.9. The molecule has 0 saturated heterocycles. The number of hydrogen-bond donors (Lipinski definition) is 4. The zero-order valence-electron chi connectivity index (χ0n) is 25.9. The van der Waals surface area contributed by atoms with Crippen LogP contribution in [0.1, 0.15) is 59.6 Å². The van der Waals surface area contributed by atoms with Crippen LogP contribution in [-0.4, -0.2) is 42.7 Å². The summed E-state index contributed by atoms with van der Waals surface area (Å²) in [5.74, 6) is 0.0611. The molecular weight excluding hydrogens is 592 g/mol. The summed E-state index contributed by atoms with van der Waals surface area (Å²) in [7, 11) is 0. The molecule has 6 aromatic rings. The van der Waals surface area contributed by atoms with Gasteiger partial charge in [0, 0.05) is 40.7 Å². The van der Waals surface area contributed by atoms with E-state index in [4.69, 9.17) is 9.72 Å². The van der Waals surface area contributed by atoms with E-state index in [2.05, 4.69) is 14.9 Å². The number of hydrogen-bond acceptors (Lipinski definition) is 5. The third-order valence-electron chi connectivity index (χ3n) is 9.03. The molecule has 0 bridgehead atoms. The molecule has 2 aromatic heterocycles. The highest BCUT2D eigenvalue weighted by atomic mass is 16.5. The number of ether oxygens (including phenoxy) is 1. The molecule has 0 spiro atoms. The van der Waals surface area contributed by atoms with E-state index in [1.54, 1.807) is 36.5 Å². The molecule has 1 atom stereocenters. The Balaban J connectivity index is 1.15. The average molecular weight is 629 g/mol. The number of nitrogens with one attached hydrogen (secondary N) is 2. The van der Waals surface area contributed by atoms with E-state index >= 15 is 0 Å². The van der Waals surface area contributed by atoms with Crippen LogP contribution in [0.3, 0.4) is 0 Å². The van der Waals surface area contributed by atoms with Crippen LogP contribution in [0.25, 0.3) is 33.3 Å². The molecule has 1 aliphatic rings. The van der Waals surface area contributed by atoms with Gasteiger partial charge in [-0.2, -0.15) is 0 Å². The van der Waals surface area contributed by atoms with Crippen LogP contribution in [-0.2, 0) is 17.8 Å². The number of benzene rings is 4. The van der Waals surface area contributed by atoms with Crippen molar-refractivity contribution in [1.29, 1.82) is 0 Å². The molecule has 238 valence electrons. The van der Waals surface area contributed by atoms with Crippen molar-refractivity contribution in [2.45, 2.75) is 57.2 Å². The summed E-state index contributed by atoms with van der Waals surface area (Å²) in [4.78, 5) is 33.8. The zero-order chi connectivity index (χ0) is 32.3. The topological polar surface area (TPSA) is 129 Å². The van der Waals surface area contributed by atoms with Crippen LogP contribution < -0.4 is 10.1 Å². The number of carbonyl (C=O) groups excluding carboxylic acids is 1. The smallest absolute Gasteiger partial charge is 0.326 e. The molecule has 4 aromatic carbocycles. The van der Waals surface area contributed by atoms with E-state index in [1.807, 2.05) is 60.7 Å². The number of carboxylic acids is 1. The number of carbonyl (C=O) groups is 2. The second-order valence-corrected chi connectivity index (χ2v) is 12.2. The molecule has 1 amide bonds. The van der Waals surface area contributed by atoms with Gasteiger partial charge in [-0.15, -0.1) is 0 Å². The summed E-state index contributed by atoms with van der Waals surface area (Å²) in [5.41, 5.74) is 5.49. The largest absolute Gasteiger partial charge is 0.508 e. The molecule has 1 unspecified atom stereocenters. The number of rotatable bonds is 10. The maximum Gasteiger partial charge on any atom is 0.326 e. The lowest BCUT2D eigenvalue weighted by Crippen LogP contribution is -2.42. The van der Waals surface area contributed by atoms with Crippen LogP contribution in [0.15, 0.2) is 97.2 Å². The Morgan fingerprint density at radius 2 is 1.74 bits per heavy atom. The molecule has 9 heteroatoms. The van der Waals surface area contributed by atoms with Gasteiger partial charge in [-0.25, -0.2) is 9.78 Å². The number of amides is 1. The first-order valence-electron chi connectivity index (χ1n) is 16.0. The molecule has 7 rings (SSSR count). The van der Waals surface area contributed by atoms with Crippen LogP contribution in [0, 0.1) is 0 Å². The van der Waals surface area contributed by atoms with Crippen molar-refractivity contribution in [1.82, 2.24) is 19.9 Å². The second-order valence-electron chi connectivity index (χ2n) is 12.2. The Morgan fingerprint density at radius 3 is 2.51 bits per heavy atom. The van der Waals surface area contributed by atoms with Crippen molar-refractivity contribution in [3.05, 3.63) is 114 Å². The van der Waals surface area contributed by atoms with Crippen LogP contribution >= 0.6 is 0 Å². The minimum absolute atomic E-state index is 0.0539. The molecule has 9 nitrogen and oxygen atoms in total. The minimum Gasteiger partial charge on any atom is -0.508 e. The first-order valence-corrected chi connectivity index (χ1v) is 16.0. The Morgan fingerprint density at radius 1 is 0.957 bits per heavy atom. The number of aromatic nitrogens is 3. The standard InChI is InChI=1S/C38H36N4O5/c43-29-14-17-32-31(21-29)27(22-39-32)20-34(38(45)46)41-37(44)26-13-18-35-33(19-26)40-36(42(35)28-9-5-2-6-10-28)25-11-15-30(16-12-25)47-23-24-7-3-1-4-8-24/h1,3-4,7-8,11-19,21-22,28,34,39,43H,2,5-6,9-10,20,23H2,(H,41,44)(H,45,46). The molecule has 1 aliphatic carbocycles. The Hall–Kier alpha value is -5.57. The number of carboxylic acid groups (broad SMARTS) is 1. The third kappa shape index (κ3) is 6.42. The van der Waals surface area contributed by atoms with Gasteiger partial charge in [-0.1, -0.05) is 49.6 Å². The van der Waals surface area contributed by atoms with E-state index in [0.29, 0.717) is 34.7 Å². The fourth-order valence-corrected chi connectivity index (χ4v) is 6.59. The number of aromatic hydroxyl groups is 1. The SMILES string of the molecule is O=C(NC(Cc1c[nH]c2ccc(O)cc12)C(=O)O)c1ccc2c(c1)nc(-c1ccc(OCc3ccccc3)cc1)n2C1CCCCC1. The van der Waals surface area contributed by atoms with Gasteiger partial charge in [-0.05, 0) is 84.6 Å². The summed E-state index contributed by atoms with van der Waals surface area (Å²) in [5, 5.41) is 23.3. The molecule has 0 aliphatic heterocycles. The van der Waals surface area contributed by atoms with Crippen LogP contribution in [0.2, 0.25) is 0 Å². The number of H-pyrrole nitrogens is 1. The summed E-state index contributed by atoms with van der Waals surface area (Å²) >= 11 is 0. The summed E-state index contributed by atoms with van der Waals surface area (Å²) in [6.07, 6.45) is 7.42. The number of phenolic OH excluding ortho intramolecular Hbond substituents is 1. The maximum absolute atomic E-state index is 13.4. The minimum atomic E-state index is -1.17. The second kappa shape index (κ2) is 13.0. The number of imidazole rings is 1. The van der Waals surface area contributed by atoms with Crippen molar-refractivity contribution >= 4 is 33.8 Å². The van der Waals surface area contributed by atoms with Crippen LogP contribution in [0.4, 0.5) is 0 Å². The van der Waals surface area contributed by atoms with Gasteiger partial charge in [0.05, 0.1) is 11.0 Å². The van der Waals surface area contributed by atoms with Gasteiger partial charge in [0.2, 0.25) is 0 Å². The lowest BCUT2D eigenvalue weighted by atomic mass is 9.94. The van der Waals surface area contributed by atoms with Crippen molar-refractivity contribution < 1.29 is 24.5 Å². The van der Waals surface area contributed by atoms with E-state index in [1.165, 1.54) is 6.42 Å². The number of aromatic amines is 1. The maximum atomic E-state index is 13.4. The molecule has 1 fully saturated rings. The highest BCUT2D eigenvalue weighted by Crippen LogP contribution is 2.36. The number of phenols is 1. The van der Waals surface area contributed by atoms with E-state index in [-0.39, 0.29) is 12.2 Å². The molecular formula is C38H36N4O5. The average Bonchev–Trinajstić information content (AvgIpc) is 3.68. The van der Waals surface area contributed by atoms with Crippen molar-refractivity contribution in [3.8, 4) is 22.9 Å². The summed E-state index contributed by atoms with van der Waals surface area (Å²) < 4.78 is 8.32. The molecule has 4 N–H and O–H groups in total. The van der Waals surface area contributed by atoms with Crippen molar-refractivity contribution in [2.24, 2.45) is 0 Å². The van der Waals surface area contributed by atoms with Gasteiger partial charge in [0.1, 0.15) is 30.0 Å². The molecule has 47 heavy (non-hydrogen) atoms. The monoisotopic (exact) mass is 628 g/mol. The highest BCUT2D eigenvalue weighted by molar-refractivity contribution is 6.00. The fourth-order valence-electron chi connectivity index (χ4n) is 6.59. The lowest BCUT2D eigenvalue weighted by Gasteiger charge is -2.25. The Bertz CT molecular complexity index is 2040. The lowest BCUT2D eigenvalue weighted by molar-refractivity contribution is -0.139. The predicted molar refractivity (Wildman–Crippen MR) is 181 cm³/mol. The van der Waals surface area contributed by atoms with Gasteiger partial charge in [0.15, 0.2) is 0 Å². The molecule has 0 radical (unpaired) electrons. The summed E-state index contributed by atoms with van der Waals surface area (Å²) in [6.45, 7) is 0.486. The molecule has 2 heterocycles. The molecule has 1 saturated carbocycles. The quantitative estimate of drug-likeness (QED) is 0.125.